The first-order valence-electron chi connectivity index (χ1n) is 8.44. The molecule has 27 heavy (non-hydrogen) atoms. The lowest BCUT2D eigenvalue weighted by Gasteiger charge is -2.10. The molecule has 0 aliphatic rings. The Labute approximate surface area is 160 Å². The van der Waals surface area contributed by atoms with Crippen LogP contribution in [0.4, 0.5) is 16.4 Å². The summed E-state index contributed by atoms with van der Waals surface area (Å²) >= 11 is 1.32. The summed E-state index contributed by atoms with van der Waals surface area (Å²) in [6, 6.07) is 6.34. The van der Waals surface area contributed by atoms with Gasteiger partial charge in [-0.05, 0) is 32.4 Å². The van der Waals surface area contributed by atoms with Gasteiger partial charge in [0.15, 0.2) is 0 Å². The van der Waals surface area contributed by atoms with E-state index in [1.54, 1.807) is 32.0 Å². The molecular weight excluding hydrogens is 370 g/mol. The number of carbonyl (C=O) groups is 2. The second-order valence-electron chi connectivity index (χ2n) is 5.64. The number of nitro groups is 1. The third-order valence-electron chi connectivity index (χ3n) is 3.82. The summed E-state index contributed by atoms with van der Waals surface area (Å²) in [5.74, 6) is -0.845. The molecule has 1 amide bonds. The summed E-state index contributed by atoms with van der Waals surface area (Å²) in [6.07, 6.45) is 0.734. The Bertz CT molecular complexity index is 863. The van der Waals surface area contributed by atoms with E-state index >= 15 is 0 Å². The van der Waals surface area contributed by atoms with Crippen molar-refractivity contribution in [2.75, 3.05) is 23.8 Å². The van der Waals surface area contributed by atoms with Gasteiger partial charge in [-0.25, -0.2) is 4.79 Å². The molecule has 2 N–H and O–H groups in total. The largest absolute Gasteiger partial charge is 0.462 e. The van der Waals surface area contributed by atoms with E-state index in [4.69, 9.17) is 4.74 Å². The minimum absolute atomic E-state index is 0.0177. The third kappa shape index (κ3) is 5.04. The number of benzene rings is 1. The summed E-state index contributed by atoms with van der Waals surface area (Å²) in [6.45, 7) is 5.44. The molecule has 8 nitrogen and oxygen atoms in total. The van der Waals surface area contributed by atoms with Crippen LogP contribution >= 0.6 is 11.3 Å². The van der Waals surface area contributed by atoms with Crippen LogP contribution in [-0.2, 0) is 16.0 Å². The topological polar surface area (TPSA) is 111 Å². The maximum absolute atomic E-state index is 12.3. The van der Waals surface area contributed by atoms with E-state index in [9.17, 15) is 19.7 Å². The van der Waals surface area contributed by atoms with Crippen LogP contribution in [0.3, 0.4) is 0 Å². The molecular formula is C18H21N3O5S. The number of anilines is 2. The van der Waals surface area contributed by atoms with Crippen molar-refractivity contribution in [3.05, 3.63) is 50.4 Å². The number of hydrogen-bond donors (Lipinski definition) is 2. The molecule has 0 atom stereocenters. The Morgan fingerprint density at radius 1 is 1.30 bits per heavy atom. The molecule has 2 rings (SSSR count). The van der Waals surface area contributed by atoms with Crippen molar-refractivity contribution in [3.8, 4) is 0 Å². The molecule has 1 aromatic carbocycles. The Hall–Kier alpha value is -2.94. The fraction of sp³-hybridized carbons (Fsp3) is 0.333. The smallest absolute Gasteiger partial charge is 0.341 e. The molecule has 2 aromatic rings. The highest BCUT2D eigenvalue weighted by Gasteiger charge is 2.19. The van der Waals surface area contributed by atoms with Crippen molar-refractivity contribution >= 4 is 39.6 Å². The van der Waals surface area contributed by atoms with Crippen LogP contribution in [0, 0.1) is 17.0 Å². The summed E-state index contributed by atoms with van der Waals surface area (Å²) < 4.78 is 5.03. The molecule has 144 valence electrons. The second-order valence-corrected chi connectivity index (χ2v) is 6.77. The maximum Gasteiger partial charge on any atom is 0.341 e. The Balaban J connectivity index is 2.08. The van der Waals surface area contributed by atoms with Gasteiger partial charge in [0, 0.05) is 22.2 Å². The van der Waals surface area contributed by atoms with Crippen molar-refractivity contribution in [1.82, 2.24) is 0 Å². The number of rotatable bonds is 8. The fourth-order valence-electron chi connectivity index (χ4n) is 2.43. The Morgan fingerprint density at radius 3 is 2.67 bits per heavy atom. The second kappa shape index (κ2) is 9.13. The van der Waals surface area contributed by atoms with Crippen molar-refractivity contribution < 1.29 is 19.2 Å². The number of nitrogens with one attached hydrogen (secondary N) is 2. The number of carbonyl (C=O) groups excluding carboxylic acids is 2. The molecule has 1 aromatic heterocycles. The quantitative estimate of drug-likeness (QED) is 0.403. The summed E-state index contributed by atoms with van der Waals surface area (Å²) in [4.78, 5) is 35.8. The van der Waals surface area contributed by atoms with Crippen LogP contribution < -0.4 is 10.6 Å². The van der Waals surface area contributed by atoms with E-state index in [0.29, 0.717) is 21.8 Å². The third-order valence-corrected chi connectivity index (χ3v) is 5.02. The zero-order chi connectivity index (χ0) is 20.0. The minimum atomic E-state index is -0.480. The predicted molar refractivity (Wildman–Crippen MR) is 105 cm³/mol. The molecule has 0 spiro atoms. The van der Waals surface area contributed by atoms with Crippen LogP contribution in [0.25, 0.3) is 0 Å². The molecule has 0 aliphatic carbocycles. The summed E-state index contributed by atoms with van der Waals surface area (Å²) in [5.41, 5.74) is 1.27. The van der Waals surface area contributed by atoms with Crippen molar-refractivity contribution in [2.24, 2.45) is 0 Å². The normalized spacial score (nSPS) is 10.3. The first-order chi connectivity index (χ1) is 12.9. The first kappa shape index (κ1) is 20.4. The molecule has 0 radical (unpaired) electrons. The standard InChI is InChI=1S/C18H21N3O5S/c1-4-12-9-13(18(23)26-5-2)17(27-12)20-16(22)10-19-14-7-6-8-15(11(14)3)21(24)25/h6-9,19H,4-5,10H2,1-3H3,(H,20,22). The lowest BCUT2D eigenvalue weighted by atomic mass is 10.1. The molecule has 0 aliphatic heterocycles. The fourth-order valence-corrected chi connectivity index (χ4v) is 3.43. The first-order valence-corrected chi connectivity index (χ1v) is 9.26. The lowest BCUT2D eigenvalue weighted by molar-refractivity contribution is -0.385. The van der Waals surface area contributed by atoms with Gasteiger partial charge < -0.3 is 15.4 Å². The van der Waals surface area contributed by atoms with Gasteiger partial charge in [-0.15, -0.1) is 11.3 Å². The van der Waals surface area contributed by atoms with E-state index in [0.717, 1.165) is 11.3 Å². The molecule has 0 fully saturated rings. The number of nitro benzene ring substituents is 1. The lowest BCUT2D eigenvalue weighted by Crippen LogP contribution is -2.22. The number of nitrogens with zero attached hydrogens (tertiary/aromatic N) is 1. The predicted octanol–water partition coefficient (Wildman–Crippen LogP) is 3.75. The maximum atomic E-state index is 12.3. The molecule has 0 bridgehead atoms. The minimum Gasteiger partial charge on any atom is -0.462 e. The van der Waals surface area contributed by atoms with E-state index in [-0.39, 0.29) is 24.7 Å². The number of hydrogen-bond acceptors (Lipinski definition) is 7. The van der Waals surface area contributed by atoms with Crippen LogP contribution in [0.5, 0.6) is 0 Å². The summed E-state index contributed by atoms with van der Waals surface area (Å²) in [7, 11) is 0. The van der Waals surface area contributed by atoms with E-state index in [1.807, 2.05) is 6.92 Å². The van der Waals surface area contributed by atoms with Gasteiger partial charge in [0.1, 0.15) is 5.00 Å². The molecule has 0 saturated heterocycles. The Kier molecular flexibility index (Phi) is 6.89. The van der Waals surface area contributed by atoms with Crippen LogP contribution in [-0.4, -0.2) is 30.0 Å². The van der Waals surface area contributed by atoms with Crippen molar-refractivity contribution in [1.29, 1.82) is 0 Å². The molecule has 0 unspecified atom stereocenters. The molecule has 1 heterocycles. The zero-order valence-corrected chi connectivity index (χ0v) is 16.1. The number of aryl methyl sites for hydroxylation is 1. The number of esters is 1. The molecule has 9 heteroatoms. The van der Waals surface area contributed by atoms with E-state index in [1.165, 1.54) is 17.4 Å². The summed E-state index contributed by atoms with van der Waals surface area (Å²) in [5, 5.41) is 17.0. The van der Waals surface area contributed by atoms with Gasteiger partial charge in [0.05, 0.1) is 23.6 Å². The number of amides is 1. The Morgan fingerprint density at radius 2 is 2.04 bits per heavy atom. The van der Waals surface area contributed by atoms with Crippen LogP contribution in [0.2, 0.25) is 0 Å². The van der Waals surface area contributed by atoms with Crippen LogP contribution in [0.15, 0.2) is 24.3 Å². The number of thiophene rings is 1. The SMILES string of the molecule is CCOC(=O)c1cc(CC)sc1NC(=O)CNc1cccc([N+](=O)[O-])c1C. The highest BCUT2D eigenvalue weighted by atomic mass is 32.1. The highest BCUT2D eigenvalue weighted by Crippen LogP contribution is 2.29. The van der Waals surface area contributed by atoms with Crippen molar-refractivity contribution in [2.45, 2.75) is 27.2 Å². The van der Waals surface area contributed by atoms with Gasteiger partial charge in [0.2, 0.25) is 5.91 Å². The van der Waals surface area contributed by atoms with Crippen molar-refractivity contribution in [3.63, 3.8) is 0 Å². The highest BCUT2D eigenvalue weighted by molar-refractivity contribution is 7.16. The van der Waals surface area contributed by atoms with Gasteiger partial charge in [-0.2, -0.15) is 0 Å². The molecule has 0 saturated carbocycles. The van der Waals surface area contributed by atoms with Gasteiger partial charge in [-0.3, -0.25) is 14.9 Å². The zero-order valence-electron chi connectivity index (χ0n) is 15.3. The monoisotopic (exact) mass is 391 g/mol. The van der Waals surface area contributed by atoms with E-state index in [2.05, 4.69) is 10.6 Å². The van der Waals surface area contributed by atoms with Gasteiger partial charge >= 0.3 is 5.97 Å². The van der Waals surface area contributed by atoms with Crippen LogP contribution in [0.1, 0.15) is 34.6 Å². The average Bonchev–Trinajstić information content (AvgIpc) is 3.03. The van der Waals surface area contributed by atoms with E-state index < -0.39 is 10.9 Å². The average molecular weight is 391 g/mol. The van der Waals surface area contributed by atoms with Gasteiger partial charge in [0.25, 0.3) is 5.69 Å². The van der Waals surface area contributed by atoms with Gasteiger partial charge in [-0.1, -0.05) is 13.0 Å². The number of ether oxygens (including phenoxy) is 1.